The van der Waals surface area contributed by atoms with Crippen LogP contribution in [0.1, 0.15) is 33.5 Å². The second kappa shape index (κ2) is 8.16. The van der Waals surface area contributed by atoms with Gasteiger partial charge in [-0.2, -0.15) is 26.3 Å². The molecule has 1 aliphatic heterocycles. The number of ether oxygens (including phenoxy) is 3. The number of halogens is 6. The molecular weight excluding hydrogens is 430 g/mol. The fourth-order valence-corrected chi connectivity index (χ4v) is 3.13. The van der Waals surface area contributed by atoms with Crippen molar-refractivity contribution >= 4 is 11.9 Å². The van der Waals surface area contributed by atoms with Crippen LogP contribution in [0.25, 0.3) is 6.08 Å². The number of Topliss-reactive ketones (excluding diaryl/α,β-unsaturated/α-hetero) is 1. The number of benzene rings is 2. The summed E-state index contributed by atoms with van der Waals surface area (Å²) in [5, 5.41) is 0. The summed E-state index contributed by atoms with van der Waals surface area (Å²) in [6.07, 6.45) is -9.00. The van der Waals surface area contributed by atoms with Crippen molar-refractivity contribution in [2.45, 2.75) is 18.8 Å². The molecule has 10 heteroatoms. The van der Waals surface area contributed by atoms with Crippen LogP contribution in [0.4, 0.5) is 26.3 Å². The predicted octanol–water partition coefficient (Wildman–Crippen LogP) is 5.79. The van der Waals surface area contributed by atoms with Crippen LogP contribution >= 0.6 is 0 Å². The normalized spacial score (nSPS) is 15.9. The predicted molar refractivity (Wildman–Crippen MR) is 98.4 cm³/mol. The lowest BCUT2D eigenvalue weighted by Gasteiger charge is -2.14. The maximum absolute atomic E-state index is 13.1. The summed E-state index contributed by atoms with van der Waals surface area (Å²) in [6.45, 7) is -0.0218. The number of hydrogen-bond acceptors (Lipinski definition) is 4. The van der Waals surface area contributed by atoms with E-state index >= 15 is 0 Å². The Labute approximate surface area is 173 Å². The molecule has 0 aliphatic carbocycles. The Kier molecular flexibility index (Phi) is 5.93. The molecule has 4 nitrogen and oxygen atoms in total. The van der Waals surface area contributed by atoms with Crippen LogP contribution in [0.3, 0.4) is 0 Å². The number of hydrogen-bond donors (Lipinski definition) is 0. The van der Waals surface area contributed by atoms with Gasteiger partial charge in [-0.25, -0.2) is 0 Å². The number of ketones is 1. The minimum Gasteiger partial charge on any atom is -0.496 e. The highest BCUT2D eigenvalue weighted by Gasteiger charge is 2.37. The van der Waals surface area contributed by atoms with Crippen molar-refractivity contribution in [2.75, 3.05) is 20.8 Å². The zero-order chi connectivity index (χ0) is 23.0. The molecule has 0 saturated carbocycles. The summed E-state index contributed by atoms with van der Waals surface area (Å²) >= 11 is 0. The van der Waals surface area contributed by atoms with E-state index in [-0.39, 0.29) is 41.7 Å². The topological polar surface area (TPSA) is 44.8 Å². The van der Waals surface area contributed by atoms with Crippen molar-refractivity contribution in [3.63, 3.8) is 0 Å². The van der Waals surface area contributed by atoms with E-state index in [1.807, 2.05) is 0 Å². The minimum atomic E-state index is -4.99. The third-order valence-corrected chi connectivity index (χ3v) is 4.59. The minimum absolute atomic E-state index is 0.00932. The summed E-state index contributed by atoms with van der Waals surface area (Å²) in [4.78, 5) is 13.1. The van der Waals surface area contributed by atoms with Gasteiger partial charge in [-0.1, -0.05) is 0 Å². The van der Waals surface area contributed by atoms with Crippen molar-refractivity contribution in [1.29, 1.82) is 0 Å². The molecule has 0 bridgehead atoms. The van der Waals surface area contributed by atoms with Gasteiger partial charge in [0.2, 0.25) is 0 Å². The van der Waals surface area contributed by atoms with Gasteiger partial charge in [0.1, 0.15) is 22.8 Å². The Balaban J connectivity index is 2.13. The Bertz CT molecular complexity index is 1010. The highest BCUT2D eigenvalue weighted by Crippen LogP contribution is 2.40. The van der Waals surface area contributed by atoms with Crippen LogP contribution in [0, 0.1) is 0 Å². The number of carbonyl (C=O) groups excluding carboxylic acids is 1. The lowest BCUT2D eigenvalue weighted by Crippen LogP contribution is -2.11. The quantitative estimate of drug-likeness (QED) is 0.442. The first-order valence-electron chi connectivity index (χ1n) is 8.87. The first-order chi connectivity index (χ1) is 14.4. The first kappa shape index (κ1) is 22.5. The highest BCUT2D eigenvalue weighted by molar-refractivity contribution is 6.15. The van der Waals surface area contributed by atoms with Crippen molar-refractivity contribution in [3.05, 3.63) is 58.2 Å². The van der Waals surface area contributed by atoms with E-state index < -0.39 is 34.8 Å². The average molecular weight is 446 g/mol. The van der Waals surface area contributed by atoms with Gasteiger partial charge in [0.05, 0.1) is 32.0 Å². The van der Waals surface area contributed by atoms with E-state index in [4.69, 9.17) is 14.2 Å². The fraction of sp³-hybridized carbons (Fsp3) is 0.286. The van der Waals surface area contributed by atoms with Crippen LogP contribution in [0.5, 0.6) is 17.2 Å². The third-order valence-electron chi connectivity index (χ3n) is 4.59. The summed E-state index contributed by atoms with van der Waals surface area (Å²) < 4.78 is 94.6. The average Bonchev–Trinajstić information content (AvgIpc) is 2.84. The smallest absolute Gasteiger partial charge is 0.416 e. The summed E-state index contributed by atoms with van der Waals surface area (Å²) in [5.74, 6) is -0.0294. The monoisotopic (exact) mass is 446 g/mol. The number of carbonyl (C=O) groups is 1. The van der Waals surface area contributed by atoms with Gasteiger partial charge < -0.3 is 14.2 Å². The maximum atomic E-state index is 13.1. The van der Waals surface area contributed by atoms with E-state index in [0.717, 1.165) is 6.08 Å². The van der Waals surface area contributed by atoms with Gasteiger partial charge in [0.15, 0.2) is 5.78 Å². The zero-order valence-electron chi connectivity index (χ0n) is 16.3. The molecule has 0 amide bonds. The van der Waals surface area contributed by atoms with E-state index in [1.165, 1.54) is 26.4 Å². The number of methoxy groups -OCH3 is 2. The summed E-state index contributed by atoms with van der Waals surface area (Å²) in [7, 11) is 2.70. The van der Waals surface area contributed by atoms with Crippen LogP contribution in [0.2, 0.25) is 0 Å². The van der Waals surface area contributed by atoms with E-state index in [9.17, 15) is 31.1 Å². The van der Waals surface area contributed by atoms with Gasteiger partial charge in [-0.05, 0) is 29.8 Å². The van der Waals surface area contributed by atoms with E-state index in [2.05, 4.69) is 0 Å². The van der Waals surface area contributed by atoms with Crippen molar-refractivity contribution in [1.82, 2.24) is 0 Å². The molecule has 0 spiro atoms. The molecule has 3 rings (SSSR count). The second-order valence-electron chi connectivity index (χ2n) is 6.64. The van der Waals surface area contributed by atoms with Crippen molar-refractivity contribution < 1.29 is 45.3 Å². The lowest BCUT2D eigenvalue weighted by atomic mass is 9.96. The Morgan fingerprint density at radius 1 is 0.903 bits per heavy atom. The van der Waals surface area contributed by atoms with Gasteiger partial charge in [-0.15, -0.1) is 0 Å². The molecule has 0 unspecified atom stereocenters. The molecule has 2 aromatic rings. The molecule has 0 N–H and O–H groups in total. The molecule has 0 aromatic heterocycles. The van der Waals surface area contributed by atoms with Gasteiger partial charge >= 0.3 is 12.4 Å². The van der Waals surface area contributed by atoms with E-state index in [1.54, 1.807) is 0 Å². The number of alkyl halides is 6. The molecule has 166 valence electrons. The summed E-state index contributed by atoms with van der Waals surface area (Å²) in [5.41, 5.74) is -3.34. The highest BCUT2D eigenvalue weighted by atomic mass is 19.4. The number of fused-ring (bicyclic) bond motifs is 1. The standard InChI is InChI=1S/C21H16F6O4/c1-29-15-9-16(30-2)18-17(10-15)31-4-3-12(19(18)28)5-11-6-13(20(22,23)24)8-14(7-11)21(25,26)27/h5-10H,3-4H2,1-2H3/b12-5+. The first-order valence-corrected chi connectivity index (χ1v) is 8.87. The Morgan fingerprint density at radius 3 is 2.03 bits per heavy atom. The molecule has 2 aromatic carbocycles. The molecule has 31 heavy (non-hydrogen) atoms. The molecular formula is C21H16F6O4. The Morgan fingerprint density at radius 2 is 1.52 bits per heavy atom. The largest absolute Gasteiger partial charge is 0.496 e. The van der Waals surface area contributed by atoms with Crippen LogP contribution in [0.15, 0.2) is 35.9 Å². The van der Waals surface area contributed by atoms with Crippen LogP contribution in [-0.4, -0.2) is 26.6 Å². The molecule has 0 fully saturated rings. The summed E-state index contributed by atoms with van der Waals surface area (Å²) in [6, 6.07) is 4.03. The molecule has 0 radical (unpaired) electrons. The molecule has 1 aliphatic rings. The maximum Gasteiger partial charge on any atom is 0.416 e. The van der Waals surface area contributed by atoms with Gasteiger partial charge in [0, 0.05) is 24.1 Å². The van der Waals surface area contributed by atoms with Crippen LogP contribution in [-0.2, 0) is 12.4 Å². The van der Waals surface area contributed by atoms with Gasteiger partial charge in [-0.3, -0.25) is 4.79 Å². The fourth-order valence-electron chi connectivity index (χ4n) is 3.13. The van der Waals surface area contributed by atoms with Crippen molar-refractivity contribution in [2.24, 2.45) is 0 Å². The van der Waals surface area contributed by atoms with Gasteiger partial charge in [0.25, 0.3) is 0 Å². The lowest BCUT2D eigenvalue weighted by molar-refractivity contribution is -0.143. The molecule has 1 heterocycles. The molecule has 0 atom stereocenters. The van der Waals surface area contributed by atoms with Crippen molar-refractivity contribution in [3.8, 4) is 17.2 Å². The van der Waals surface area contributed by atoms with E-state index in [0.29, 0.717) is 17.9 Å². The van der Waals surface area contributed by atoms with Crippen LogP contribution < -0.4 is 14.2 Å². The second-order valence-corrected chi connectivity index (χ2v) is 6.64. The molecule has 0 saturated heterocycles. The SMILES string of the molecule is COc1cc(OC)c2c(c1)OCC/C(=C\c1cc(C(F)(F)F)cc(C(F)(F)F)c1)C2=O. The third kappa shape index (κ3) is 4.78. The number of rotatable bonds is 3. The Hall–Kier alpha value is -3.17. The zero-order valence-corrected chi connectivity index (χ0v) is 16.3.